The van der Waals surface area contributed by atoms with E-state index in [9.17, 15) is 4.79 Å². The number of pyridine rings is 1. The zero-order chi connectivity index (χ0) is 15.9. The van der Waals surface area contributed by atoms with Crippen molar-refractivity contribution in [2.75, 3.05) is 5.32 Å². The largest absolute Gasteiger partial charge is 0.310 e. The molecule has 3 aromatic rings. The van der Waals surface area contributed by atoms with Gasteiger partial charge >= 0.3 is 0 Å². The number of amides is 1. The molecule has 2 aromatic heterocycles. The third-order valence-electron chi connectivity index (χ3n) is 3.05. The number of hydrogen-bond acceptors (Lipinski definition) is 2. The lowest BCUT2D eigenvalue weighted by molar-refractivity contribution is -0.114. The molecule has 0 saturated carbocycles. The van der Waals surface area contributed by atoms with Gasteiger partial charge in [0, 0.05) is 28.2 Å². The van der Waals surface area contributed by atoms with Gasteiger partial charge in [-0.05, 0) is 50.1 Å². The van der Waals surface area contributed by atoms with Crippen molar-refractivity contribution in [1.29, 1.82) is 0 Å². The summed E-state index contributed by atoms with van der Waals surface area (Å²) in [5.41, 5.74) is 2.28. The van der Waals surface area contributed by atoms with Crippen LogP contribution >= 0.6 is 43.5 Å². The van der Waals surface area contributed by atoms with Crippen LogP contribution in [0, 0.1) is 0 Å². The van der Waals surface area contributed by atoms with Crippen molar-refractivity contribution in [3.63, 3.8) is 0 Å². The fraction of sp³-hybridized carbons (Fsp3) is 0.0667. The van der Waals surface area contributed by atoms with Crippen molar-refractivity contribution in [3.8, 4) is 11.3 Å². The van der Waals surface area contributed by atoms with Gasteiger partial charge in [0.15, 0.2) is 5.65 Å². The summed E-state index contributed by atoms with van der Waals surface area (Å²) in [6.07, 6.45) is 1.86. The van der Waals surface area contributed by atoms with Crippen LogP contribution in [0.15, 0.2) is 45.5 Å². The average Bonchev–Trinajstić information content (AvgIpc) is 2.78. The quantitative estimate of drug-likeness (QED) is 0.596. The molecule has 1 amide bonds. The Morgan fingerprint density at radius 3 is 2.59 bits per heavy atom. The maximum atomic E-state index is 11.6. The van der Waals surface area contributed by atoms with Gasteiger partial charge in [0.05, 0.1) is 4.47 Å². The van der Waals surface area contributed by atoms with Gasteiger partial charge in [0.1, 0.15) is 11.5 Å². The molecule has 2 heterocycles. The normalized spacial score (nSPS) is 10.9. The van der Waals surface area contributed by atoms with E-state index in [2.05, 4.69) is 42.2 Å². The van der Waals surface area contributed by atoms with Crippen LogP contribution in [-0.4, -0.2) is 15.3 Å². The van der Waals surface area contributed by atoms with E-state index in [-0.39, 0.29) is 5.91 Å². The second kappa shape index (κ2) is 6.02. The second-order valence-corrected chi connectivity index (χ2v) is 6.90. The molecular weight excluding hydrogens is 433 g/mol. The molecule has 7 heteroatoms. The Labute approximate surface area is 148 Å². The van der Waals surface area contributed by atoms with Crippen molar-refractivity contribution in [2.24, 2.45) is 0 Å². The molecule has 1 N–H and O–H groups in total. The van der Waals surface area contributed by atoms with Crippen molar-refractivity contribution in [3.05, 3.63) is 50.5 Å². The summed E-state index contributed by atoms with van der Waals surface area (Å²) in [5.74, 6) is 0.458. The third-order valence-corrected chi connectivity index (χ3v) is 4.32. The second-order valence-electron chi connectivity index (χ2n) is 4.70. The smallest absolute Gasteiger partial charge is 0.222 e. The van der Waals surface area contributed by atoms with E-state index >= 15 is 0 Å². The molecule has 0 atom stereocenters. The van der Waals surface area contributed by atoms with E-state index in [1.165, 1.54) is 6.92 Å². The van der Waals surface area contributed by atoms with Gasteiger partial charge in [-0.3, -0.25) is 9.20 Å². The minimum absolute atomic E-state index is 0.159. The van der Waals surface area contributed by atoms with Gasteiger partial charge in [0.2, 0.25) is 5.91 Å². The van der Waals surface area contributed by atoms with Crippen LogP contribution in [-0.2, 0) is 4.79 Å². The Hall–Kier alpha value is -1.37. The van der Waals surface area contributed by atoms with E-state index < -0.39 is 0 Å². The summed E-state index contributed by atoms with van der Waals surface area (Å²) in [4.78, 5) is 16.2. The lowest BCUT2D eigenvalue weighted by Crippen LogP contribution is -2.09. The highest BCUT2D eigenvalue weighted by atomic mass is 79.9. The zero-order valence-corrected chi connectivity index (χ0v) is 15.3. The van der Waals surface area contributed by atoms with Gasteiger partial charge in [-0.1, -0.05) is 23.7 Å². The number of aromatic nitrogens is 2. The molecule has 0 unspecified atom stereocenters. The van der Waals surface area contributed by atoms with E-state index in [0.717, 1.165) is 20.2 Å². The molecule has 22 heavy (non-hydrogen) atoms. The van der Waals surface area contributed by atoms with Crippen LogP contribution < -0.4 is 5.32 Å². The maximum Gasteiger partial charge on any atom is 0.222 e. The molecule has 0 saturated heterocycles. The fourth-order valence-corrected chi connectivity index (χ4v) is 3.56. The van der Waals surface area contributed by atoms with Crippen molar-refractivity contribution in [2.45, 2.75) is 6.92 Å². The number of carbonyl (C=O) groups excluding carboxylic acids is 1. The van der Waals surface area contributed by atoms with Crippen LogP contribution in [0.3, 0.4) is 0 Å². The number of halogens is 3. The molecule has 0 bridgehead atoms. The van der Waals surface area contributed by atoms with Gasteiger partial charge in [-0.15, -0.1) is 0 Å². The Kier molecular flexibility index (Phi) is 4.25. The molecule has 1 aromatic carbocycles. The highest BCUT2D eigenvalue weighted by Crippen LogP contribution is 2.33. The summed E-state index contributed by atoms with van der Waals surface area (Å²) in [6, 6.07) is 9.25. The first kappa shape index (κ1) is 15.5. The van der Waals surface area contributed by atoms with Gasteiger partial charge < -0.3 is 5.32 Å². The van der Waals surface area contributed by atoms with Crippen LogP contribution in [0.2, 0.25) is 5.02 Å². The topological polar surface area (TPSA) is 46.4 Å². The van der Waals surface area contributed by atoms with Crippen molar-refractivity contribution < 1.29 is 4.79 Å². The lowest BCUT2D eigenvalue weighted by atomic mass is 10.1. The molecule has 0 spiro atoms. The Balaban J connectivity index is 2.30. The van der Waals surface area contributed by atoms with E-state index in [4.69, 9.17) is 11.6 Å². The minimum atomic E-state index is -0.159. The SMILES string of the molecule is CC(=O)Nc1c(-c2ccc(Cl)cc2)nc2c(Br)cc(Br)cn12. The van der Waals surface area contributed by atoms with Gasteiger partial charge in [-0.25, -0.2) is 4.98 Å². The van der Waals surface area contributed by atoms with Gasteiger partial charge in [0.25, 0.3) is 0 Å². The molecule has 112 valence electrons. The number of hydrogen-bond donors (Lipinski definition) is 1. The monoisotopic (exact) mass is 441 g/mol. The summed E-state index contributed by atoms with van der Waals surface area (Å²) in [7, 11) is 0. The molecule has 0 fully saturated rings. The van der Waals surface area contributed by atoms with Crippen LogP contribution in [0.5, 0.6) is 0 Å². The summed E-state index contributed by atoms with van der Waals surface area (Å²) in [6.45, 7) is 1.47. The molecule has 0 aliphatic rings. The summed E-state index contributed by atoms with van der Waals surface area (Å²) >= 11 is 12.9. The maximum absolute atomic E-state index is 11.6. The molecule has 0 aliphatic heterocycles. The number of fused-ring (bicyclic) bond motifs is 1. The Morgan fingerprint density at radius 2 is 1.95 bits per heavy atom. The number of benzene rings is 1. The highest BCUT2D eigenvalue weighted by molar-refractivity contribution is 9.11. The standard InChI is InChI=1S/C15H10Br2ClN3O/c1-8(22)19-15-13(9-2-4-11(18)5-3-9)20-14-12(17)6-10(16)7-21(14)15/h2-7H,1H3,(H,19,22). The van der Waals surface area contributed by atoms with Gasteiger partial charge in [-0.2, -0.15) is 0 Å². The molecule has 4 nitrogen and oxygen atoms in total. The van der Waals surface area contributed by atoms with Crippen LogP contribution in [0.4, 0.5) is 5.82 Å². The number of nitrogens with zero attached hydrogens (tertiary/aromatic N) is 2. The molecule has 3 rings (SSSR count). The van der Waals surface area contributed by atoms with Crippen LogP contribution in [0.1, 0.15) is 6.92 Å². The highest BCUT2D eigenvalue weighted by Gasteiger charge is 2.17. The van der Waals surface area contributed by atoms with E-state index in [1.54, 1.807) is 12.1 Å². The predicted octanol–water partition coefficient (Wildman–Crippen LogP) is 5.14. The first-order valence-electron chi connectivity index (χ1n) is 6.36. The number of rotatable bonds is 2. The summed E-state index contributed by atoms with van der Waals surface area (Å²) in [5, 5.41) is 3.50. The molecular formula is C15H10Br2ClN3O. The average molecular weight is 444 g/mol. The summed E-state index contributed by atoms with van der Waals surface area (Å²) < 4.78 is 3.53. The van der Waals surface area contributed by atoms with Crippen molar-refractivity contribution in [1.82, 2.24) is 9.38 Å². The first-order valence-corrected chi connectivity index (χ1v) is 8.33. The number of nitrogens with one attached hydrogen (secondary N) is 1. The van der Waals surface area contributed by atoms with Crippen LogP contribution in [0.25, 0.3) is 16.9 Å². The molecule has 0 radical (unpaired) electrons. The number of carbonyl (C=O) groups is 1. The van der Waals surface area contributed by atoms with E-state index in [1.807, 2.05) is 28.8 Å². The minimum Gasteiger partial charge on any atom is -0.310 e. The fourth-order valence-electron chi connectivity index (χ4n) is 2.17. The Bertz CT molecular complexity index is 875. The zero-order valence-electron chi connectivity index (χ0n) is 11.4. The van der Waals surface area contributed by atoms with Crippen molar-refractivity contribution >= 4 is 60.8 Å². The lowest BCUT2D eigenvalue weighted by Gasteiger charge is -2.06. The predicted molar refractivity (Wildman–Crippen MR) is 95.3 cm³/mol. The first-order chi connectivity index (χ1) is 10.5. The van der Waals surface area contributed by atoms with E-state index in [0.29, 0.717) is 16.5 Å². The Morgan fingerprint density at radius 1 is 1.27 bits per heavy atom. The third kappa shape index (κ3) is 2.91. The number of imidazole rings is 1. The molecule has 0 aliphatic carbocycles. The number of anilines is 1.